The lowest BCUT2D eigenvalue weighted by atomic mass is 10.1. The van der Waals surface area contributed by atoms with Gasteiger partial charge in [0.05, 0.1) is 16.6 Å². The van der Waals surface area contributed by atoms with E-state index in [1.807, 2.05) is 0 Å². The highest BCUT2D eigenvalue weighted by Gasteiger charge is 2.32. The van der Waals surface area contributed by atoms with Crippen molar-refractivity contribution in [3.63, 3.8) is 0 Å². The van der Waals surface area contributed by atoms with Gasteiger partial charge >= 0.3 is 0 Å². The number of rotatable bonds is 2. The van der Waals surface area contributed by atoms with E-state index in [1.165, 1.54) is 18.2 Å². The number of thiocarbonyl (C=S) groups is 1. The maximum atomic E-state index is 12.3. The molecule has 0 bridgehead atoms. The van der Waals surface area contributed by atoms with Crippen LogP contribution in [0.4, 0.5) is 0 Å². The van der Waals surface area contributed by atoms with Crippen molar-refractivity contribution in [3.05, 3.63) is 28.8 Å². The van der Waals surface area contributed by atoms with Crippen molar-refractivity contribution in [1.82, 2.24) is 4.90 Å². The zero-order valence-electron chi connectivity index (χ0n) is 9.60. The van der Waals surface area contributed by atoms with Crippen LogP contribution < -0.4 is 5.73 Å². The number of halogens is 1. The van der Waals surface area contributed by atoms with Gasteiger partial charge in [0.25, 0.3) is 5.91 Å². The number of phenols is 1. The number of hydrogen-bond donors (Lipinski definition) is 2. The molecule has 3 N–H and O–H groups in total. The number of hydrogen-bond acceptors (Lipinski definition) is 3. The summed E-state index contributed by atoms with van der Waals surface area (Å²) in [6.07, 6.45) is 1.62. The lowest BCUT2D eigenvalue weighted by Crippen LogP contribution is -2.42. The minimum absolute atomic E-state index is 0.0852. The summed E-state index contributed by atoms with van der Waals surface area (Å²) in [7, 11) is 0. The number of benzene rings is 1. The smallest absolute Gasteiger partial charge is 0.258 e. The minimum Gasteiger partial charge on any atom is -0.507 e. The molecule has 1 aromatic rings. The number of carbonyl (C=O) groups is 1. The van der Waals surface area contributed by atoms with Gasteiger partial charge in [-0.25, -0.2) is 0 Å². The molecular weight excluding hydrogens is 272 g/mol. The van der Waals surface area contributed by atoms with E-state index in [1.54, 1.807) is 4.90 Å². The fraction of sp³-hybridized carbons (Fsp3) is 0.333. The van der Waals surface area contributed by atoms with E-state index in [2.05, 4.69) is 0 Å². The van der Waals surface area contributed by atoms with Crippen LogP contribution in [0, 0.1) is 0 Å². The van der Waals surface area contributed by atoms with Crippen molar-refractivity contribution in [2.45, 2.75) is 18.9 Å². The summed E-state index contributed by atoms with van der Waals surface area (Å²) >= 11 is 10.8. The number of nitrogens with two attached hydrogens (primary N) is 1. The Kier molecular flexibility index (Phi) is 3.73. The maximum absolute atomic E-state index is 12.3. The van der Waals surface area contributed by atoms with Gasteiger partial charge in [0, 0.05) is 11.6 Å². The molecule has 1 saturated heterocycles. The monoisotopic (exact) mass is 284 g/mol. The van der Waals surface area contributed by atoms with Crippen molar-refractivity contribution in [1.29, 1.82) is 0 Å². The summed E-state index contributed by atoms with van der Waals surface area (Å²) in [5.41, 5.74) is 5.81. The number of carbonyl (C=O) groups excluding carboxylic acids is 1. The third kappa shape index (κ3) is 2.42. The third-order valence-corrected chi connectivity index (χ3v) is 3.54. The number of likely N-dealkylation sites (tertiary alicyclic amines) is 1. The molecule has 2 rings (SSSR count). The zero-order chi connectivity index (χ0) is 13.3. The molecule has 1 fully saturated rings. The molecule has 1 unspecified atom stereocenters. The molecule has 4 nitrogen and oxygen atoms in total. The molecule has 1 amide bonds. The van der Waals surface area contributed by atoms with Crippen molar-refractivity contribution in [2.24, 2.45) is 5.73 Å². The molecule has 0 spiro atoms. The second-order valence-corrected chi connectivity index (χ2v) is 5.13. The van der Waals surface area contributed by atoms with E-state index in [9.17, 15) is 9.90 Å². The number of aromatic hydroxyl groups is 1. The van der Waals surface area contributed by atoms with Gasteiger partial charge in [-0.2, -0.15) is 0 Å². The topological polar surface area (TPSA) is 66.6 Å². The van der Waals surface area contributed by atoms with E-state index in [-0.39, 0.29) is 23.3 Å². The number of phenolic OH excluding ortho intramolecular Hbond substituents is 1. The van der Waals surface area contributed by atoms with Gasteiger partial charge in [0.1, 0.15) is 5.75 Å². The third-order valence-electron chi connectivity index (χ3n) is 3.03. The second-order valence-electron chi connectivity index (χ2n) is 4.22. The van der Waals surface area contributed by atoms with E-state index >= 15 is 0 Å². The van der Waals surface area contributed by atoms with Crippen molar-refractivity contribution in [3.8, 4) is 5.75 Å². The Morgan fingerprint density at radius 3 is 2.94 bits per heavy atom. The van der Waals surface area contributed by atoms with Gasteiger partial charge in [0.15, 0.2) is 0 Å². The fourth-order valence-corrected chi connectivity index (χ4v) is 2.56. The van der Waals surface area contributed by atoms with Gasteiger partial charge in [-0.1, -0.05) is 23.8 Å². The van der Waals surface area contributed by atoms with Crippen molar-refractivity contribution in [2.75, 3.05) is 6.54 Å². The van der Waals surface area contributed by atoms with Crippen LogP contribution in [0.25, 0.3) is 0 Å². The van der Waals surface area contributed by atoms with E-state index in [4.69, 9.17) is 29.6 Å². The highest BCUT2D eigenvalue weighted by molar-refractivity contribution is 7.80. The standard InChI is InChI=1S/C12H13ClN2O2S/c13-7-3-4-10(16)8(6-7)12(17)15-5-1-2-9(15)11(14)18/h3-4,6,9,16H,1-2,5H2,(H2,14,18). The van der Waals surface area contributed by atoms with E-state index in [0.29, 0.717) is 16.6 Å². The largest absolute Gasteiger partial charge is 0.507 e. The maximum Gasteiger partial charge on any atom is 0.258 e. The van der Waals surface area contributed by atoms with Crippen LogP contribution >= 0.6 is 23.8 Å². The van der Waals surface area contributed by atoms with Crippen LogP contribution in [0.15, 0.2) is 18.2 Å². The average Bonchev–Trinajstić information content (AvgIpc) is 2.80. The van der Waals surface area contributed by atoms with Gasteiger partial charge in [-0.15, -0.1) is 0 Å². The number of nitrogens with zero attached hydrogens (tertiary/aromatic N) is 1. The highest BCUT2D eigenvalue weighted by Crippen LogP contribution is 2.26. The second kappa shape index (κ2) is 5.12. The average molecular weight is 285 g/mol. The summed E-state index contributed by atoms with van der Waals surface area (Å²) in [6, 6.07) is 4.16. The summed E-state index contributed by atoms with van der Waals surface area (Å²) < 4.78 is 0. The highest BCUT2D eigenvalue weighted by atomic mass is 35.5. The molecule has 1 aromatic carbocycles. The van der Waals surface area contributed by atoms with E-state index in [0.717, 1.165) is 12.8 Å². The Labute approximate surface area is 115 Å². The molecule has 96 valence electrons. The summed E-state index contributed by atoms with van der Waals surface area (Å²) in [5.74, 6) is -0.372. The van der Waals surface area contributed by atoms with Crippen LogP contribution in [-0.4, -0.2) is 33.5 Å². The normalized spacial score (nSPS) is 18.9. The predicted molar refractivity (Wildman–Crippen MR) is 74.0 cm³/mol. The molecule has 1 aliphatic heterocycles. The quantitative estimate of drug-likeness (QED) is 0.815. The van der Waals surface area contributed by atoms with Crippen LogP contribution in [0.2, 0.25) is 5.02 Å². The Hall–Kier alpha value is -1.33. The lowest BCUT2D eigenvalue weighted by Gasteiger charge is -2.24. The molecule has 0 saturated carbocycles. The predicted octanol–water partition coefficient (Wildman–Crippen LogP) is 1.94. The molecule has 1 aliphatic rings. The molecular formula is C12H13ClN2O2S. The van der Waals surface area contributed by atoms with Crippen molar-refractivity contribution >= 4 is 34.7 Å². The SMILES string of the molecule is NC(=S)C1CCCN1C(=O)c1cc(Cl)ccc1O. The van der Waals surface area contributed by atoms with Crippen LogP contribution in [-0.2, 0) is 0 Å². The molecule has 1 heterocycles. The van der Waals surface area contributed by atoms with Crippen molar-refractivity contribution < 1.29 is 9.90 Å². The Morgan fingerprint density at radius 1 is 1.56 bits per heavy atom. The van der Waals surface area contributed by atoms with Gasteiger partial charge in [-0.05, 0) is 31.0 Å². The zero-order valence-corrected chi connectivity index (χ0v) is 11.2. The summed E-state index contributed by atoms with van der Waals surface area (Å²) in [5, 5.41) is 10.1. The van der Waals surface area contributed by atoms with Crippen LogP contribution in [0.1, 0.15) is 23.2 Å². The first-order valence-corrected chi connectivity index (χ1v) is 6.38. The molecule has 0 radical (unpaired) electrons. The molecule has 0 aromatic heterocycles. The minimum atomic E-state index is -0.287. The molecule has 0 aliphatic carbocycles. The van der Waals surface area contributed by atoms with E-state index < -0.39 is 0 Å². The molecule has 18 heavy (non-hydrogen) atoms. The van der Waals surface area contributed by atoms with Gasteiger partial charge < -0.3 is 15.7 Å². The Balaban J connectivity index is 2.31. The van der Waals surface area contributed by atoms with Gasteiger partial charge in [-0.3, -0.25) is 4.79 Å². The fourth-order valence-electron chi connectivity index (χ4n) is 2.14. The summed E-state index contributed by atoms with van der Waals surface area (Å²) in [6.45, 7) is 0.590. The first-order valence-electron chi connectivity index (χ1n) is 5.59. The molecule has 6 heteroatoms. The lowest BCUT2D eigenvalue weighted by molar-refractivity contribution is 0.0767. The van der Waals surface area contributed by atoms with Crippen LogP contribution in [0.5, 0.6) is 5.75 Å². The first kappa shape index (κ1) is 13.1. The number of amides is 1. The van der Waals surface area contributed by atoms with Gasteiger partial charge in [0.2, 0.25) is 0 Å². The molecule has 1 atom stereocenters. The Bertz CT molecular complexity index is 507. The Morgan fingerprint density at radius 2 is 2.28 bits per heavy atom. The van der Waals surface area contributed by atoms with Crippen LogP contribution in [0.3, 0.4) is 0 Å². The summed E-state index contributed by atoms with van der Waals surface area (Å²) in [4.78, 5) is 14.2. The first-order chi connectivity index (χ1) is 8.50.